The van der Waals surface area contributed by atoms with E-state index in [0.717, 1.165) is 70.0 Å². The Kier molecular flexibility index (Phi) is 7.34. The molecule has 5 rings (SSSR count). The molecule has 1 aliphatic carbocycles. The maximum atomic E-state index is 13.7. The molecule has 176 valence electrons. The third kappa shape index (κ3) is 5.29. The van der Waals surface area contributed by atoms with E-state index in [-0.39, 0.29) is 12.0 Å². The van der Waals surface area contributed by atoms with E-state index in [1.54, 1.807) is 0 Å². The zero-order valence-corrected chi connectivity index (χ0v) is 20.3. The molecule has 2 aliphatic heterocycles. The van der Waals surface area contributed by atoms with E-state index in [0.29, 0.717) is 5.91 Å². The van der Waals surface area contributed by atoms with Gasteiger partial charge < -0.3 is 4.90 Å². The molecular formula is C28H36ClN3O. The monoisotopic (exact) mass is 465 g/mol. The Morgan fingerprint density at radius 2 is 1.55 bits per heavy atom. The molecule has 2 aromatic carbocycles. The highest BCUT2D eigenvalue weighted by atomic mass is 35.5. The molecule has 2 aromatic rings. The lowest BCUT2D eigenvalue weighted by molar-refractivity contribution is -0.124. The van der Waals surface area contributed by atoms with Gasteiger partial charge in [0.25, 0.3) is 0 Å². The number of nitrogens with zero attached hydrogens (tertiary/aromatic N) is 3. The van der Waals surface area contributed by atoms with E-state index in [2.05, 4.69) is 51.1 Å². The van der Waals surface area contributed by atoms with Gasteiger partial charge in [0.1, 0.15) is 0 Å². The van der Waals surface area contributed by atoms with Gasteiger partial charge >= 0.3 is 0 Å². The Morgan fingerprint density at radius 1 is 0.848 bits per heavy atom. The minimum absolute atomic E-state index is 0.208. The first kappa shape index (κ1) is 22.9. The number of carbonyl (C=O) groups is 1. The Labute approximate surface area is 203 Å². The molecule has 0 N–H and O–H groups in total. The van der Waals surface area contributed by atoms with E-state index in [1.807, 2.05) is 12.1 Å². The molecule has 3 aliphatic rings. The van der Waals surface area contributed by atoms with Crippen LogP contribution in [-0.4, -0.2) is 54.5 Å². The smallest absolute Gasteiger partial charge is 0.230 e. The van der Waals surface area contributed by atoms with Gasteiger partial charge in [-0.1, -0.05) is 67.3 Å². The molecular weight excluding hydrogens is 430 g/mol. The number of rotatable bonds is 5. The molecule has 2 fully saturated rings. The fourth-order valence-corrected chi connectivity index (χ4v) is 6.11. The van der Waals surface area contributed by atoms with E-state index in [4.69, 9.17) is 11.6 Å². The lowest BCUT2D eigenvalue weighted by Gasteiger charge is -2.43. The number of aryl methyl sites for hydroxylation is 1. The van der Waals surface area contributed by atoms with Gasteiger partial charge in [-0.2, -0.15) is 0 Å². The van der Waals surface area contributed by atoms with Gasteiger partial charge in [0.2, 0.25) is 5.91 Å². The highest BCUT2D eigenvalue weighted by molar-refractivity contribution is 6.31. The molecule has 0 radical (unpaired) electrons. The maximum absolute atomic E-state index is 13.7. The van der Waals surface area contributed by atoms with Crippen molar-refractivity contribution in [1.29, 1.82) is 0 Å². The van der Waals surface area contributed by atoms with Crippen LogP contribution in [0, 0.1) is 5.92 Å². The first-order valence-electron chi connectivity index (χ1n) is 12.8. The normalized spacial score (nSPS) is 22.8. The van der Waals surface area contributed by atoms with Crippen LogP contribution in [0.25, 0.3) is 0 Å². The number of piperazine rings is 1. The van der Waals surface area contributed by atoms with E-state index in [1.165, 1.54) is 36.1 Å². The van der Waals surface area contributed by atoms with Gasteiger partial charge in [-0.05, 0) is 48.9 Å². The summed E-state index contributed by atoms with van der Waals surface area (Å²) >= 11 is 6.38. The molecule has 1 saturated heterocycles. The molecule has 1 unspecified atom stereocenters. The van der Waals surface area contributed by atoms with Gasteiger partial charge in [0.05, 0.1) is 0 Å². The van der Waals surface area contributed by atoms with Crippen LogP contribution in [0.4, 0.5) is 5.69 Å². The molecule has 4 nitrogen and oxygen atoms in total. The van der Waals surface area contributed by atoms with Crippen molar-refractivity contribution in [2.45, 2.75) is 57.5 Å². The molecule has 2 heterocycles. The van der Waals surface area contributed by atoms with E-state index >= 15 is 0 Å². The number of benzene rings is 2. The summed E-state index contributed by atoms with van der Waals surface area (Å²) < 4.78 is 0. The molecule has 0 bridgehead atoms. The lowest BCUT2D eigenvalue weighted by Crippen LogP contribution is -2.55. The van der Waals surface area contributed by atoms with Gasteiger partial charge in [-0.15, -0.1) is 0 Å². The number of fused-ring (bicyclic) bond motifs is 1. The number of anilines is 1. The van der Waals surface area contributed by atoms with Crippen LogP contribution in [-0.2, 0) is 17.8 Å². The Morgan fingerprint density at radius 3 is 2.33 bits per heavy atom. The quantitative estimate of drug-likeness (QED) is 0.592. The van der Waals surface area contributed by atoms with Crippen LogP contribution in [0.2, 0.25) is 5.02 Å². The van der Waals surface area contributed by atoms with Crippen molar-refractivity contribution < 1.29 is 4.79 Å². The zero-order chi connectivity index (χ0) is 22.6. The lowest BCUT2D eigenvalue weighted by atomic mass is 9.86. The summed E-state index contributed by atoms with van der Waals surface area (Å²) in [6.07, 6.45) is 7.93. The topological polar surface area (TPSA) is 26.8 Å². The van der Waals surface area contributed by atoms with E-state index < -0.39 is 0 Å². The van der Waals surface area contributed by atoms with Gasteiger partial charge in [-0.25, -0.2) is 0 Å². The van der Waals surface area contributed by atoms with Crippen molar-refractivity contribution in [1.82, 2.24) is 9.80 Å². The van der Waals surface area contributed by atoms with Crippen molar-refractivity contribution in [3.63, 3.8) is 0 Å². The van der Waals surface area contributed by atoms with Gasteiger partial charge in [0, 0.05) is 61.9 Å². The van der Waals surface area contributed by atoms with Crippen LogP contribution in [0.15, 0.2) is 48.5 Å². The second kappa shape index (κ2) is 10.6. The summed E-state index contributed by atoms with van der Waals surface area (Å²) in [5.41, 5.74) is 3.71. The van der Waals surface area contributed by atoms with Crippen molar-refractivity contribution in [3.8, 4) is 0 Å². The number of carbonyl (C=O) groups excluding carboxylic acids is 1. The SMILES string of the molecule is O=C(C1CCCCC1)N1c2ccccc2CCC1CN1CCN(Cc2ccccc2Cl)CC1. The summed E-state index contributed by atoms with van der Waals surface area (Å²) in [5.74, 6) is 0.587. The summed E-state index contributed by atoms with van der Waals surface area (Å²) in [5, 5.41) is 0.859. The Bertz CT molecular complexity index is 950. The van der Waals surface area contributed by atoms with Gasteiger partial charge in [-0.3, -0.25) is 14.6 Å². The summed E-state index contributed by atoms with van der Waals surface area (Å²) in [6, 6.07) is 17.0. The Hall–Kier alpha value is -1.88. The number of para-hydroxylation sites is 1. The summed E-state index contributed by atoms with van der Waals surface area (Å²) in [7, 11) is 0. The predicted molar refractivity (Wildman–Crippen MR) is 136 cm³/mol. The maximum Gasteiger partial charge on any atom is 0.230 e. The van der Waals surface area contributed by atoms with Crippen molar-refractivity contribution in [3.05, 3.63) is 64.7 Å². The molecule has 33 heavy (non-hydrogen) atoms. The summed E-state index contributed by atoms with van der Waals surface area (Å²) in [4.78, 5) is 21.0. The molecule has 0 aromatic heterocycles. The largest absolute Gasteiger partial charge is 0.308 e. The molecule has 0 spiro atoms. The Balaban J connectivity index is 1.24. The fourth-order valence-electron chi connectivity index (χ4n) is 5.92. The van der Waals surface area contributed by atoms with Crippen LogP contribution >= 0.6 is 11.6 Å². The van der Waals surface area contributed by atoms with E-state index in [9.17, 15) is 4.79 Å². The summed E-state index contributed by atoms with van der Waals surface area (Å²) in [6.45, 7) is 6.08. The van der Waals surface area contributed by atoms with Crippen LogP contribution in [0.1, 0.15) is 49.7 Å². The number of hydrogen-bond donors (Lipinski definition) is 0. The van der Waals surface area contributed by atoms with Crippen molar-refractivity contribution in [2.75, 3.05) is 37.6 Å². The zero-order valence-electron chi connectivity index (χ0n) is 19.6. The number of hydrogen-bond acceptors (Lipinski definition) is 3. The van der Waals surface area contributed by atoms with Crippen molar-refractivity contribution in [2.24, 2.45) is 5.92 Å². The van der Waals surface area contributed by atoms with Crippen LogP contribution in [0.5, 0.6) is 0 Å². The standard InChI is InChI=1S/C28H36ClN3O/c29-26-12-6-4-11-24(26)20-30-16-18-31(19-17-30)21-25-15-14-22-8-5-7-13-27(22)32(25)28(33)23-9-2-1-3-10-23/h4-8,11-13,23,25H,1-3,9-10,14-21H2. The second-order valence-corrected chi connectivity index (χ2v) is 10.4. The van der Waals surface area contributed by atoms with Crippen molar-refractivity contribution >= 4 is 23.2 Å². The minimum Gasteiger partial charge on any atom is -0.308 e. The molecule has 1 saturated carbocycles. The fraction of sp³-hybridized carbons (Fsp3) is 0.536. The number of halogens is 1. The first-order valence-corrected chi connectivity index (χ1v) is 13.2. The third-order valence-corrected chi connectivity index (χ3v) is 8.21. The molecule has 1 atom stereocenters. The third-order valence-electron chi connectivity index (χ3n) is 7.84. The van der Waals surface area contributed by atoms with Gasteiger partial charge in [0.15, 0.2) is 0 Å². The van der Waals surface area contributed by atoms with Crippen LogP contribution < -0.4 is 4.90 Å². The second-order valence-electron chi connectivity index (χ2n) is 10.0. The van der Waals surface area contributed by atoms with Crippen LogP contribution in [0.3, 0.4) is 0 Å². The highest BCUT2D eigenvalue weighted by Crippen LogP contribution is 2.35. The average molecular weight is 466 g/mol. The molecule has 5 heteroatoms. The highest BCUT2D eigenvalue weighted by Gasteiger charge is 2.36. The average Bonchev–Trinajstić information content (AvgIpc) is 2.86. The first-order chi connectivity index (χ1) is 16.2. The molecule has 1 amide bonds. The number of amides is 1. The predicted octanol–water partition coefficient (Wildman–Crippen LogP) is 5.39. The minimum atomic E-state index is 0.208.